The maximum Gasteiger partial charge on any atom is 0.0312 e. The van der Waals surface area contributed by atoms with Gasteiger partial charge in [-0.3, -0.25) is 0 Å². The van der Waals surface area contributed by atoms with Crippen molar-refractivity contribution >= 4 is 0 Å². The van der Waals surface area contributed by atoms with Gasteiger partial charge in [0, 0.05) is 12.1 Å². The van der Waals surface area contributed by atoms with Crippen molar-refractivity contribution in [1.82, 2.24) is 4.90 Å². The molecule has 5 fully saturated rings. The molecule has 1 atom stereocenters. The molecule has 19 heavy (non-hydrogen) atoms. The monoisotopic (exact) mass is 262 g/mol. The van der Waals surface area contributed by atoms with Crippen LogP contribution in [0.3, 0.4) is 0 Å². The van der Waals surface area contributed by atoms with Crippen LogP contribution in [0.15, 0.2) is 0 Å². The minimum Gasteiger partial charge on any atom is -0.324 e. The summed E-state index contributed by atoms with van der Waals surface area (Å²) in [5.74, 6) is 3.06. The Balaban J connectivity index is 1.56. The van der Waals surface area contributed by atoms with Gasteiger partial charge in [0.05, 0.1) is 0 Å². The quantitative estimate of drug-likeness (QED) is 0.847. The predicted octanol–water partition coefficient (Wildman–Crippen LogP) is 3.02. The molecule has 1 heterocycles. The summed E-state index contributed by atoms with van der Waals surface area (Å²) in [6.07, 6.45) is 11.7. The van der Waals surface area contributed by atoms with Gasteiger partial charge in [-0.05, 0) is 94.5 Å². The molecule has 2 heteroatoms. The van der Waals surface area contributed by atoms with Gasteiger partial charge in [0.15, 0.2) is 0 Å². The van der Waals surface area contributed by atoms with Crippen LogP contribution in [0, 0.1) is 23.2 Å². The van der Waals surface area contributed by atoms with Crippen molar-refractivity contribution < 1.29 is 0 Å². The third-order valence-corrected chi connectivity index (χ3v) is 7.00. The maximum atomic E-state index is 6.95. The Kier molecular flexibility index (Phi) is 2.80. The predicted molar refractivity (Wildman–Crippen MR) is 78.9 cm³/mol. The topological polar surface area (TPSA) is 29.3 Å². The molecule has 5 aliphatic rings. The minimum absolute atomic E-state index is 0.0490. The first-order valence-electron chi connectivity index (χ1n) is 8.58. The van der Waals surface area contributed by atoms with Gasteiger partial charge in [0.1, 0.15) is 0 Å². The van der Waals surface area contributed by atoms with E-state index in [1.165, 1.54) is 64.5 Å². The molecule has 1 unspecified atom stereocenters. The van der Waals surface area contributed by atoms with Crippen molar-refractivity contribution in [1.29, 1.82) is 0 Å². The van der Waals surface area contributed by atoms with Crippen LogP contribution in [0.2, 0.25) is 0 Å². The van der Waals surface area contributed by atoms with Gasteiger partial charge in [-0.15, -0.1) is 0 Å². The highest BCUT2D eigenvalue weighted by molar-refractivity contribution is 5.11. The highest BCUT2D eigenvalue weighted by Crippen LogP contribution is 2.63. The summed E-state index contributed by atoms with van der Waals surface area (Å²) >= 11 is 0. The zero-order chi connectivity index (χ0) is 13.1. The number of hydrogen-bond acceptors (Lipinski definition) is 2. The Labute approximate surface area is 118 Å². The summed E-state index contributed by atoms with van der Waals surface area (Å²) in [6, 6.07) is 0. The summed E-state index contributed by atoms with van der Waals surface area (Å²) in [5.41, 5.74) is 7.49. The van der Waals surface area contributed by atoms with E-state index in [0.29, 0.717) is 5.41 Å². The molecule has 4 saturated carbocycles. The normalized spacial score (nSPS) is 48.6. The smallest absolute Gasteiger partial charge is 0.0312 e. The second-order valence-electron chi connectivity index (χ2n) is 8.60. The van der Waals surface area contributed by atoms with Crippen molar-refractivity contribution in [2.24, 2.45) is 28.9 Å². The molecule has 0 aromatic rings. The van der Waals surface area contributed by atoms with Crippen molar-refractivity contribution in [3.63, 3.8) is 0 Å². The van der Waals surface area contributed by atoms with Gasteiger partial charge in [0.25, 0.3) is 0 Å². The van der Waals surface area contributed by atoms with E-state index >= 15 is 0 Å². The van der Waals surface area contributed by atoms with Crippen LogP contribution in [0.25, 0.3) is 0 Å². The molecule has 0 radical (unpaired) electrons. The number of likely N-dealkylation sites (tertiary alicyclic amines) is 1. The molecule has 1 aliphatic heterocycles. The molecular formula is C17H30N2. The van der Waals surface area contributed by atoms with Crippen LogP contribution in [-0.2, 0) is 0 Å². The van der Waals surface area contributed by atoms with E-state index in [4.69, 9.17) is 5.73 Å². The highest BCUT2D eigenvalue weighted by Gasteiger charge is 2.57. The Morgan fingerprint density at radius 3 is 1.95 bits per heavy atom. The van der Waals surface area contributed by atoms with E-state index in [2.05, 4.69) is 11.8 Å². The molecule has 2 N–H and O–H groups in total. The van der Waals surface area contributed by atoms with Gasteiger partial charge in [-0.2, -0.15) is 0 Å². The lowest BCUT2D eigenvalue weighted by atomic mass is 9.45. The molecule has 0 aromatic carbocycles. The Hall–Kier alpha value is -0.0800. The van der Waals surface area contributed by atoms with Gasteiger partial charge >= 0.3 is 0 Å². The van der Waals surface area contributed by atoms with Crippen molar-refractivity contribution in [2.45, 2.75) is 63.8 Å². The first-order valence-corrected chi connectivity index (χ1v) is 8.58. The van der Waals surface area contributed by atoms with Gasteiger partial charge in [0.2, 0.25) is 0 Å². The van der Waals surface area contributed by atoms with E-state index in [1.807, 2.05) is 0 Å². The summed E-state index contributed by atoms with van der Waals surface area (Å²) in [5, 5.41) is 0. The highest BCUT2D eigenvalue weighted by atomic mass is 15.2. The Bertz CT molecular complexity index is 319. The Morgan fingerprint density at radius 2 is 1.47 bits per heavy atom. The molecule has 4 aliphatic carbocycles. The Morgan fingerprint density at radius 1 is 1.00 bits per heavy atom. The fraction of sp³-hybridized carbons (Fsp3) is 1.00. The first-order chi connectivity index (χ1) is 9.06. The molecule has 108 valence electrons. The molecule has 0 spiro atoms. The van der Waals surface area contributed by atoms with Crippen molar-refractivity contribution in [3.05, 3.63) is 0 Å². The molecule has 1 saturated heterocycles. The van der Waals surface area contributed by atoms with E-state index in [-0.39, 0.29) is 5.54 Å². The van der Waals surface area contributed by atoms with Crippen LogP contribution in [0.5, 0.6) is 0 Å². The standard InChI is InChI=1S/C17H30N2/c1-16(18,12-19-4-2-3-5-19)17-9-13-6-14(10-17)8-15(7-13)11-17/h13-15H,2-12,18H2,1H3. The zero-order valence-corrected chi connectivity index (χ0v) is 12.5. The van der Waals surface area contributed by atoms with Crippen LogP contribution < -0.4 is 5.73 Å². The van der Waals surface area contributed by atoms with Crippen molar-refractivity contribution in [3.8, 4) is 0 Å². The van der Waals surface area contributed by atoms with Gasteiger partial charge in [-0.1, -0.05) is 0 Å². The third-order valence-electron chi connectivity index (χ3n) is 7.00. The molecule has 0 aromatic heterocycles. The summed E-state index contributed by atoms with van der Waals surface area (Å²) in [6.45, 7) is 6.12. The second kappa shape index (κ2) is 4.21. The number of nitrogens with two attached hydrogens (primary N) is 1. The summed E-state index contributed by atoms with van der Waals surface area (Å²) in [4.78, 5) is 2.64. The van der Waals surface area contributed by atoms with Gasteiger partial charge in [-0.25, -0.2) is 0 Å². The largest absolute Gasteiger partial charge is 0.324 e. The van der Waals surface area contributed by atoms with E-state index < -0.39 is 0 Å². The van der Waals surface area contributed by atoms with E-state index in [0.717, 1.165) is 24.3 Å². The SMILES string of the molecule is CC(N)(CN1CCCC1)C12CC3CC(CC(C3)C1)C2. The van der Waals surface area contributed by atoms with Gasteiger partial charge < -0.3 is 10.6 Å². The number of hydrogen-bond donors (Lipinski definition) is 1. The fourth-order valence-electron chi connectivity index (χ4n) is 6.38. The maximum absolute atomic E-state index is 6.95. The molecule has 2 nitrogen and oxygen atoms in total. The fourth-order valence-corrected chi connectivity index (χ4v) is 6.38. The average Bonchev–Trinajstić information content (AvgIpc) is 2.78. The first kappa shape index (κ1) is 12.6. The summed E-state index contributed by atoms with van der Waals surface area (Å²) in [7, 11) is 0. The van der Waals surface area contributed by atoms with E-state index in [9.17, 15) is 0 Å². The zero-order valence-electron chi connectivity index (χ0n) is 12.5. The summed E-state index contributed by atoms with van der Waals surface area (Å²) < 4.78 is 0. The van der Waals surface area contributed by atoms with E-state index in [1.54, 1.807) is 0 Å². The molecule has 0 amide bonds. The third kappa shape index (κ3) is 1.98. The van der Waals surface area contributed by atoms with Crippen LogP contribution in [0.4, 0.5) is 0 Å². The van der Waals surface area contributed by atoms with Crippen LogP contribution >= 0.6 is 0 Å². The minimum atomic E-state index is 0.0490. The average molecular weight is 262 g/mol. The molecule has 4 bridgehead atoms. The number of rotatable bonds is 3. The van der Waals surface area contributed by atoms with Crippen LogP contribution in [0.1, 0.15) is 58.3 Å². The lowest BCUT2D eigenvalue weighted by Gasteiger charge is -2.62. The second-order valence-corrected chi connectivity index (χ2v) is 8.60. The lowest BCUT2D eigenvalue weighted by molar-refractivity contribution is -0.0984. The number of nitrogens with zero attached hydrogens (tertiary/aromatic N) is 1. The molecular weight excluding hydrogens is 232 g/mol. The lowest BCUT2D eigenvalue weighted by Crippen LogP contribution is -2.65. The van der Waals surface area contributed by atoms with Crippen LogP contribution in [-0.4, -0.2) is 30.1 Å². The van der Waals surface area contributed by atoms with Crippen molar-refractivity contribution in [2.75, 3.05) is 19.6 Å². The molecule has 5 rings (SSSR count).